The van der Waals surface area contributed by atoms with Crippen molar-refractivity contribution in [3.63, 3.8) is 0 Å². The number of halogens is 1. The van der Waals surface area contributed by atoms with Crippen LogP contribution in [0.3, 0.4) is 0 Å². The van der Waals surface area contributed by atoms with Gasteiger partial charge in [0.2, 0.25) is 0 Å². The van der Waals surface area contributed by atoms with E-state index in [1.807, 2.05) is 18.2 Å². The Kier molecular flexibility index (Phi) is 4.49. The first-order valence-electron chi connectivity index (χ1n) is 6.69. The molecule has 0 bridgehead atoms. The number of nitriles is 1. The van der Waals surface area contributed by atoms with Crippen molar-refractivity contribution in [2.24, 2.45) is 5.92 Å². The lowest BCUT2D eigenvalue weighted by Crippen LogP contribution is -2.41. The zero-order valence-corrected chi connectivity index (χ0v) is 12.7. The van der Waals surface area contributed by atoms with Gasteiger partial charge < -0.3 is 10.4 Å². The van der Waals surface area contributed by atoms with Crippen molar-refractivity contribution >= 4 is 21.6 Å². The lowest BCUT2D eigenvalue weighted by molar-refractivity contribution is -0.000764. The van der Waals surface area contributed by atoms with Gasteiger partial charge in [0.05, 0.1) is 16.9 Å². The number of hydrogen-bond donors (Lipinski definition) is 2. The Hall–Kier alpha value is -1.05. The molecule has 0 aromatic heterocycles. The van der Waals surface area contributed by atoms with Crippen LogP contribution in [0.5, 0.6) is 0 Å². The van der Waals surface area contributed by atoms with Crippen LogP contribution in [0.15, 0.2) is 22.7 Å². The minimum absolute atomic E-state index is 0.502. The van der Waals surface area contributed by atoms with Crippen LogP contribution in [-0.4, -0.2) is 17.3 Å². The molecule has 2 rings (SSSR count). The van der Waals surface area contributed by atoms with Crippen LogP contribution >= 0.6 is 15.9 Å². The Morgan fingerprint density at radius 1 is 1.58 bits per heavy atom. The van der Waals surface area contributed by atoms with E-state index in [-0.39, 0.29) is 0 Å². The maximum Gasteiger partial charge on any atom is 0.103 e. The van der Waals surface area contributed by atoms with E-state index < -0.39 is 5.60 Å². The normalized spacial score (nSPS) is 26.7. The Morgan fingerprint density at radius 3 is 3.05 bits per heavy atom. The van der Waals surface area contributed by atoms with E-state index >= 15 is 0 Å². The molecular formula is C15H19BrN2O. The van der Waals surface area contributed by atoms with Gasteiger partial charge in [-0.3, -0.25) is 0 Å². The molecule has 1 aliphatic rings. The molecule has 102 valence electrons. The standard InChI is InChI=1S/C15H19BrN2O/c1-11-4-3-7-15(19,8-11)10-18-14-6-2-5-13(16)12(14)9-17/h2,5-6,11,18-19H,3-4,7-8,10H2,1H3. The minimum Gasteiger partial charge on any atom is -0.388 e. The molecule has 2 N–H and O–H groups in total. The largest absolute Gasteiger partial charge is 0.388 e. The van der Waals surface area contributed by atoms with Crippen LogP contribution in [0.2, 0.25) is 0 Å². The molecule has 1 aliphatic carbocycles. The second kappa shape index (κ2) is 5.94. The van der Waals surface area contributed by atoms with Crippen molar-refractivity contribution in [3.05, 3.63) is 28.2 Å². The predicted octanol–water partition coefficient (Wildman–Crippen LogP) is 3.67. The van der Waals surface area contributed by atoms with Gasteiger partial charge in [0.15, 0.2) is 0 Å². The summed E-state index contributed by atoms with van der Waals surface area (Å²) in [6.45, 7) is 2.69. The first-order valence-corrected chi connectivity index (χ1v) is 7.48. The van der Waals surface area contributed by atoms with Crippen LogP contribution in [0.1, 0.15) is 38.2 Å². The molecule has 0 heterocycles. The van der Waals surface area contributed by atoms with E-state index in [4.69, 9.17) is 5.26 Å². The van der Waals surface area contributed by atoms with E-state index in [9.17, 15) is 5.11 Å². The van der Waals surface area contributed by atoms with Gasteiger partial charge in [-0.15, -0.1) is 0 Å². The van der Waals surface area contributed by atoms with Crippen LogP contribution < -0.4 is 5.32 Å². The molecule has 1 fully saturated rings. The van der Waals surface area contributed by atoms with Crippen LogP contribution in [0.25, 0.3) is 0 Å². The molecule has 4 heteroatoms. The van der Waals surface area contributed by atoms with Crippen LogP contribution in [-0.2, 0) is 0 Å². The van der Waals surface area contributed by atoms with E-state index in [2.05, 4.69) is 34.2 Å². The third-order valence-corrected chi connectivity index (χ3v) is 4.46. The highest BCUT2D eigenvalue weighted by Crippen LogP contribution is 2.33. The fourth-order valence-corrected chi connectivity index (χ4v) is 3.29. The summed E-state index contributed by atoms with van der Waals surface area (Å²) >= 11 is 3.37. The molecule has 0 saturated heterocycles. The van der Waals surface area contributed by atoms with Gasteiger partial charge in [-0.05, 0) is 46.8 Å². The Balaban J connectivity index is 2.07. The molecule has 0 aliphatic heterocycles. The summed E-state index contributed by atoms with van der Waals surface area (Å²) in [5, 5.41) is 23.0. The zero-order valence-electron chi connectivity index (χ0n) is 11.1. The maximum absolute atomic E-state index is 10.6. The molecule has 2 unspecified atom stereocenters. The number of benzene rings is 1. The Labute approximate surface area is 122 Å². The van der Waals surface area contributed by atoms with E-state index in [0.29, 0.717) is 18.0 Å². The van der Waals surface area contributed by atoms with Crippen molar-refractivity contribution in [2.75, 3.05) is 11.9 Å². The van der Waals surface area contributed by atoms with Crippen molar-refractivity contribution in [1.29, 1.82) is 5.26 Å². The fraction of sp³-hybridized carbons (Fsp3) is 0.533. The molecule has 0 spiro atoms. The van der Waals surface area contributed by atoms with E-state index in [1.165, 1.54) is 6.42 Å². The Bertz CT molecular complexity index is 497. The molecule has 1 saturated carbocycles. The zero-order chi connectivity index (χ0) is 13.9. The maximum atomic E-state index is 10.6. The summed E-state index contributed by atoms with van der Waals surface area (Å²) in [5.41, 5.74) is 0.727. The summed E-state index contributed by atoms with van der Waals surface area (Å²) in [5.74, 6) is 0.568. The molecule has 1 aromatic rings. The molecule has 3 nitrogen and oxygen atoms in total. The van der Waals surface area contributed by atoms with Gasteiger partial charge >= 0.3 is 0 Å². The lowest BCUT2D eigenvalue weighted by atomic mass is 9.79. The third-order valence-electron chi connectivity index (χ3n) is 3.80. The summed E-state index contributed by atoms with van der Waals surface area (Å²) < 4.78 is 0.781. The first-order chi connectivity index (χ1) is 9.04. The molecule has 0 amide bonds. The fourth-order valence-electron chi connectivity index (χ4n) is 2.84. The van der Waals surface area contributed by atoms with Gasteiger partial charge in [0, 0.05) is 11.0 Å². The minimum atomic E-state index is -0.646. The second-order valence-electron chi connectivity index (χ2n) is 5.55. The average Bonchev–Trinajstić information content (AvgIpc) is 2.36. The quantitative estimate of drug-likeness (QED) is 0.892. The number of nitrogens with one attached hydrogen (secondary N) is 1. The monoisotopic (exact) mass is 322 g/mol. The van der Waals surface area contributed by atoms with Crippen molar-refractivity contribution in [2.45, 2.75) is 38.2 Å². The number of hydrogen-bond acceptors (Lipinski definition) is 3. The number of nitrogens with zero attached hydrogens (tertiary/aromatic N) is 1. The second-order valence-corrected chi connectivity index (χ2v) is 6.41. The highest BCUT2D eigenvalue weighted by molar-refractivity contribution is 9.10. The number of anilines is 1. The predicted molar refractivity (Wildman–Crippen MR) is 79.9 cm³/mol. The molecule has 1 aromatic carbocycles. The van der Waals surface area contributed by atoms with E-state index in [0.717, 1.165) is 29.4 Å². The number of rotatable bonds is 3. The van der Waals surface area contributed by atoms with Crippen molar-refractivity contribution in [1.82, 2.24) is 0 Å². The van der Waals surface area contributed by atoms with Gasteiger partial charge in [-0.25, -0.2) is 0 Å². The SMILES string of the molecule is CC1CCCC(O)(CNc2cccc(Br)c2C#N)C1. The summed E-state index contributed by atoms with van der Waals surface area (Å²) in [4.78, 5) is 0. The van der Waals surface area contributed by atoms with Gasteiger partial charge in [-0.1, -0.05) is 25.8 Å². The first kappa shape index (κ1) is 14.4. The topological polar surface area (TPSA) is 56.0 Å². The molecule has 0 radical (unpaired) electrons. The third kappa shape index (κ3) is 3.49. The van der Waals surface area contributed by atoms with Gasteiger partial charge in [0.25, 0.3) is 0 Å². The molecular weight excluding hydrogens is 304 g/mol. The summed E-state index contributed by atoms with van der Waals surface area (Å²) in [6, 6.07) is 7.79. The highest BCUT2D eigenvalue weighted by atomic mass is 79.9. The van der Waals surface area contributed by atoms with Crippen LogP contribution in [0.4, 0.5) is 5.69 Å². The molecule has 19 heavy (non-hydrogen) atoms. The molecule has 2 atom stereocenters. The number of aliphatic hydroxyl groups is 1. The smallest absolute Gasteiger partial charge is 0.103 e. The van der Waals surface area contributed by atoms with Crippen LogP contribution in [0, 0.1) is 17.2 Å². The highest BCUT2D eigenvalue weighted by Gasteiger charge is 2.32. The summed E-state index contributed by atoms with van der Waals surface area (Å²) in [6.07, 6.45) is 3.93. The average molecular weight is 323 g/mol. The van der Waals surface area contributed by atoms with Crippen molar-refractivity contribution in [3.8, 4) is 6.07 Å². The Morgan fingerprint density at radius 2 is 2.37 bits per heavy atom. The summed E-state index contributed by atoms with van der Waals surface area (Å²) in [7, 11) is 0. The van der Waals surface area contributed by atoms with E-state index in [1.54, 1.807) is 0 Å². The van der Waals surface area contributed by atoms with Crippen molar-refractivity contribution < 1.29 is 5.11 Å². The lowest BCUT2D eigenvalue weighted by Gasteiger charge is -2.36. The van der Waals surface area contributed by atoms with Gasteiger partial charge in [-0.2, -0.15) is 5.26 Å². The van der Waals surface area contributed by atoms with Gasteiger partial charge in [0.1, 0.15) is 6.07 Å².